The van der Waals surface area contributed by atoms with E-state index in [0.717, 1.165) is 30.6 Å². The lowest BCUT2D eigenvalue weighted by atomic mass is 9.92. The van der Waals surface area contributed by atoms with Crippen molar-refractivity contribution < 1.29 is 9.59 Å². The first-order valence-corrected chi connectivity index (χ1v) is 11.0. The number of amides is 2. The molecule has 5 heteroatoms. The Morgan fingerprint density at radius 3 is 2.55 bits per heavy atom. The second kappa shape index (κ2) is 8.67. The van der Waals surface area contributed by atoms with Crippen molar-refractivity contribution in [2.75, 3.05) is 13.1 Å². The van der Waals surface area contributed by atoms with Gasteiger partial charge >= 0.3 is 0 Å². The van der Waals surface area contributed by atoms with Gasteiger partial charge in [0.2, 0.25) is 11.8 Å². The molecule has 0 saturated heterocycles. The van der Waals surface area contributed by atoms with Gasteiger partial charge in [-0.05, 0) is 48.6 Å². The van der Waals surface area contributed by atoms with Gasteiger partial charge in [0.05, 0.1) is 12.5 Å². The van der Waals surface area contributed by atoms with Crippen LogP contribution < -0.4 is 5.32 Å². The monoisotopic (exact) mass is 417 g/mol. The number of hydrogen-bond donors (Lipinski definition) is 1. The predicted octanol–water partition coefficient (Wildman–Crippen LogP) is 3.90. The molecule has 0 saturated carbocycles. The molecule has 162 valence electrons. The molecule has 0 fully saturated rings. The largest absolute Gasteiger partial charge is 0.354 e. The summed E-state index contributed by atoms with van der Waals surface area (Å²) in [5, 5.41) is 3.14. The molecule has 1 atom stereocenters. The van der Waals surface area contributed by atoms with Crippen molar-refractivity contribution in [3.05, 3.63) is 77.0 Å². The Morgan fingerprint density at radius 2 is 1.77 bits per heavy atom. The van der Waals surface area contributed by atoms with Crippen LogP contribution in [0.1, 0.15) is 55.5 Å². The summed E-state index contributed by atoms with van der Waals surface area (Å²) in [4.78, 5) is 29.2. The molecule has 0 aliphatic carbocycles. The molecule has 5 nitrogen and oxygen atoms in total. The molecular weight excluding hydrogens is 386 g/mol. The zero-order valence-electron chi connectivity index (χ0n) is 18.6. The van der Waals surface area contributed by atoms with Crippen molar-refractivity contribution in [3.63, 3.8) is 0 Å². The summed E-state index contributed by atoms with van der Waals surface area (Å²) in [5.41, 5.74) is 4.71. The maximum atomic E-state index is 12.9. The van der Waals surface area contributed by atoms with Crippen molar-refractivity contribution in [2.24, 2.45) is 0 Å². The third kappa shape index (κ3) is 4.57. The number of fused-ring (bicyclic) bond motifs is 2. The highest BCUT2D eigenvalue weighted by atomic mass is 16.2. The number of hydrogen-bond acceptors (Lipinski definition) is 3. The van der Waals surface area contributed by atoms with E-state index in [1.54, 1.807) is 18.0 Å². The number of carbonyl (C=O) groups is 2. The zero-order valence-corrected chi connectivity index (χ0v) is 18.6. The summed E-state index contributed by atoms with van der Waals surface area (Å²) in [6.07, 6.45) is 5.01. The second-order valence-corrected chi connectivity index (χ2v) is 9.12. The van der Waals surface area contributed by atoms with Gasteiger partial charge in [0.1, 0.15) is 0 Å². The van der Waals surface area contributed by atoms with E-state index in [4.69, 9.17) is 0 Å². The van der Waals surface area contributed by atoms with E-state index in [0.29, 0.717) is 6.54 Å². The van der Waals surface area contributed by atoms with Crippen LogP contribution in [-0.4, -0.2) is 40.2 Å². The van der Waals surface area contributed by atoms with Gasteiger partial charge in [-0.2, -0.15) is 0 Å². The molecule has 0 spiro atoms. The van der Waals surface area contributed by atoms with Crippen molar-refractivity contribution in [1.82, 2.24) is 15.1 Å². The van der Waals surface area contributed by atoms with Crippen LogP contribution in [0, 0.1) is 0 Å². The molecule has 4 rings (SSSR count). The number of carbonyl (C=O) groups excluding carboxylic acids is 2. The molecule has 2 amide bonds. The van der Waals surface area contributed by atoms with E-state index in [2.05, 4.69) is 48.3 Å². The standard InChI is InChI=1S/C26H31N3O2/c1-19(30)29-15-13-21-9-6-7-11-23(21)24(29)16-25(31)27-18-26(2,3)28-14-12-20-8-4-5-10-22(20)17-28/h4-11,13,15,24H,12,14,16-18H2,1-3H3,(H,27,31)/t24-/m1/s1. The number of rotatable bonds is 5. The fourth-order valence-electron chi connectivity index (χ4n) is 4.60. The van der Waals surface area contributed by atoms with Gasteiger partial charge in [-0.15, -0.1) is 0 Å². The van der Waals surface area contributed by atoms with Crippen molar-refractivity contribution in [1.29, 1.82) is 0 Å². The zero-order chi connectivity index (χ0) is 22.0. The maximum absolute atomic E-state index is 12.9. The van der Waals surface area contributed by atoms with Gasteiger partial charge in [-0.1, -0.05) is 48.5 Å². The summed E-state index contributed by atoms with van der Waals surface area (Å²) >= 11 is 0. The molecule has 2 aromatic carbocycles. The first kappa shape index (κ1) is 21.3. The molecule has 1 N–H and O–H groups in total. The number of nitrogens with zero attached hydrogens (tertiary/aromatic N) is 2. The normalized spacial score (nSPS) is 18.3. The Kier molecular flexibility index (Phi) is 5.96. The molecule has 0 bridgehead atoms. The molecule has 2 aliphatic heterocycles. The smallest absolute Gasteiger partial charge is 0.223 e. The molecule has 2 aliphatic rings. The summed E-state index contributed by atoms with van der Waals surface area (Å²) in [6, 6.07) is 16.3. The summed E-state index contributed by atoms with van der Waals surface area (Å²) < 4.78 is 0. The lowest BCUT2D eigenvalue weighted by Gasteiger charge is -2.42. The van der Waals surface area contributed by atoms with Crippen LogP contribution in [0.5, 0.6) is 0 Å². The van der Waals surface area contributed by atoms with Gasteiger partial charge in [0.15, 0.2) is 0 Å². The van der Waals surface area contributed by atoms with Crippen LogP contribution >= 0.6 is 0 Å². The molecule has 0 unspecified atom stereocenters. The topological polar surface area (TPSA) is 52.7 Å². The quantitative estimate of drug-likeness (QED) is 0.803. The van der Waals surface area contributed by atoms with E-state index in [1.165, 1.54) is 11.1 Å². The SMILES string of the molecule is CC(=O)N1C=Cc2ccccc2[C@H]1CC(=O)NCC(C)(C)N1CCc2ccccc2C1. The van der Waals surface area contributed by atoms with Crippen molar-refractivity contribution >= 4 is 17.9 Å². The van der Waals surface area contributed by atoms with E-state index in [-0.39, 0.29) is 29.8 Å². The van der Waals surface area contributed by atoms with Crippen molar-refractivity contribution in [3.8, 4) is 0 Å². The second-order valence-electron chi connectivity index (χ2n) is 9.12. The van der Waals surface area contributed by atoms with Gasteiger partial charge in [0, 0.05) is 38.3 Å². The van der Waals surface area contributed by atoms with E-state index >= 15 is 0 Å². The fourth-order valence-corrected chi connectivity index (χ4v) is 4.60. The number of nitrogens with one attached hydrogen (secondary N) is 1. The van der Waals surface area contributed by atoms with Crippen LogP contribution in [0.4, 0.5) is 0 Å². The Labute approximate surface area is 184 Å². The Balaban J connectivity index is 1.40. The Bertz CT molecular complexity index is 1010. The molecule has 0 aromatic heterocycles. The van der Waals surface area contributed by atoms with E-state index < -0.39 is 0 Å². The summed E-state index contributed by atoms with van der Waals surface area (Å²) in [7, 11) is 0. The van der Waals surface area contributed by atoms with Gasteiger partial charge in [0.25, 0.3) is 0 Å². The summed E-state index contributed by atoms with van der Waals surface area (Å²) in [6.45, 7) is 8.36. The summed E-state index contributed by atoms with van der Waals surface area (Å²) in [5.74, 6) is -0.0947. The van der Waals surface area contributed by atoms with Crippen LogP contribution in [0.3, 0.4) is 0 Å². The van der Waals surface area contributed by atoms with Crippen molar-refractivity contribution in [2.45, 2.75) is 51.7 Å². The van der Waals surface area contributed by atoms with E-state index in [9.17, 15) is 9.59 Å². The predicted molar refractivity (Wildman–Crippen MR) is 123 cm³/mol. The highest BCUT2D eigenvalue weighted by Gasteiger charge is 2.32. The molecule has 2 aromatic rings. The third-order valence-electron chi connectivity index (χ3n) is 6.55. The fraction of sp³-hybridized carbons (Fsp3) is 0.385. The lowest BCUT2D eigenvalue weighted by molar-refractivity contribution is -0.130. The minimum atomic E-state index is -0.274. The molecule has 0 radical (unpaired) electrons. The molecule has 2 heterocycles. The Morgan fingerprint density at radius 1 is 1.06 bits per heavy atom. The average molecular weight is 418 g/mol. The number of benzene rings is 2. The van der Waals surface area contributed by atoms with Crippen LogP contribution in [-0.2, 0) is 22.6 Å². The average Bonchev–Trinajstić information content (AvgIpc) is 2.77. The minimum absolute atomic E-state index is 0.0353. The molecule has 31 heavy (non-hydrogen) atoms. The van der Waals surface area contributed by atoms with Gasteiger partial charge in [-0.25, -0.2) is 0 Å². The highest BCUT2D eigenvalue weighted by molar-refractivity contribution is 5.81. The van der Waals surface area contributed by atoms with Crippen LogP contribution in [0.15, 0.2) is 54.7 Å². The Hall–Kier alpha value is -2.92. The van der Waals surface area contributed by atoms with E-state index in [1.807, 2.05) is 30.3 Å². The first-order valence-electron chi connectivity index (χ1n) is 11.0. The maximum Gasteiger partial charge on any atom is 0.223 e. The molecular formula is C26H31N3O2. The highest BCUT2D eigenvalue weighted by Crippen LogP contribution is 2.33. The lowest BCUT2D eigenvalue weighted by Crippen LogP contribution is -2.53. The first-order chi connectivity index (χ1) is 14.8. The minimum Gasteiger partial charge on any atom is -0.354 e. The van der Waals surface area contributed by atoms with Gasteiger partial charge in [-0.3, -0.25) is 14.5 Å². The van der Waals surface area contributed by atoms with Crippen LogP contribution in [0.2, 0.25) is 0 Å². The van der Waals surface area contributed by atoms with Crippen LogP contribution in [0.25, 0.3) is 6.08 Å². The third-order valence-corrected chi connectivity index (χ3v) is 6.55. The van der Waals surface area contributed by atoms with Gasteiger partial charge < -0.3 is 10.2 Å².